The summed E-state index contributed by atoms with van der Waals surface area (Å²) >= 11 is 11.7. The minimum absolute atomic E-state index is 0.0501. The molecule has 2 aromatic rings. The highest BCUT2D eigenvalue weighted by Gasteiger charge is 2.22. The van der Waals surface area contributed by atoms with Crippen LogP contribution in [0.15, 0.2) is 47.4 Å². The Morgan fingerprint density at radius 1 is 1.00 bits per heavy atom. The summed E-state index contributed by atoms with van der Waals surface area (Å²) in [7, 11) is -3.91. The molecule has 0 saturated carbocycles. The van der Waals surface area contributed by atoms with E-state index in [1.165, 1.54) is 49.9 Å². The van der Waals surface area contributed by atoms with Gasteiger partial charge in [0.05, 0.1) is 21.0 Å². The summed E-state index contributed by atoms with van der Waals surface area (Å²) < 4.78 is 27.3. The van der Waals surface area contributed by atoms with Crippen molar-refractivity contribution in [3.63, 3.8) is 0 Å². The molecule has 9 heteroatoms. The predicted molar refractivity (Wildman–Crippen MR) is 124 cm³/mol. The Morgan fingerprint density at radius 3 is 2.29 bits per heavy atom. The monoisotopic (exact) mass is 483 g/mol. The van der Waals surface area contributed by atoms with Crippen molar-refractivity contribution >= 4 is 39.1 Å². The van der Waals surface area contributed by atoms with Gasteiger partial charge in [-0.3, -0.25) is 9.69 Å². The Labute approximate surface area is 194 Å². The Kier molecular flexibility index (Phi) is 8.36. The van der Waals surface area contributed by atoms with E-state index in [0.29, 0.717) is 6.54 Å². The minimum atomic E-state index is -3.91. The number of halogens is 2. The van der Waals surface area contributed by atoms with Crippen LogP contribution in [0.5, 0.6) is 0 Å². The number of rotatable bonds is 8. The van der Waals surface area contributed by atoms with Crippen molar-refractivity contribution in [1.82, 2.24) is 14.9 Å². The van der Waals surface area contributed by atoms with Gasteiger partial charge in [0.15, 0.2) is 0 Å². The first-order valence-electron chi connectivity index (χ1n) is 10.3. The molecule has 1 aliphatic heterocycles. The molecule has 1 atom stereocenters. The van der Waals surface area contributed by atoms with Gasteiger partial charge in [-0.2, -0.15) is 4.72 Å². The second-order valence-electron chi connectivity index (χ2n) is 7.79. The second kappa shape index (κ2) is 10.8. The van der Waals surface area contributed by atoms with Gasteiger partial charge in [0, 0.05) is 13.1 Å². The normalized spacial score (nSPS) is 16.1. The summed E-state index contributed by atoms with van der Waals surface area (Å²) in [5, 5.41) is 3.16. The van der Waals surface area contributed by atoms with Gasteiger partial charge in [-0.05, 0) is 62.2 Å². The van der Waals surface area contributed by atoms with Crippen LogP contribution in [0.25, 0.3) is 0 Å². The number of nitrogens with one attached hydrogen (secondary N) is 2. The number of nitrogens with zero attached hydrogens (tertiary/aromatic N) is 1. The lowest BCUT2D eigenvalue weighted by molar-refractivity contribution is -0.122. The van der Waals surface area contributed by atoms with Gasteiger partial charge < -0.3 is 5.32 Å². The van der Waals surface area contributed by atoms with Crippen LogP contribution in [-0.2, 0) is 27.9 Å². The van der Waals surface area contributed by atoms with Gasteiger partial charge in [0.25, 0.3) is 0 Å². The number of piperidine rings is 1. The molecule has 3 rings (SSSR count). The van der Waals surface area contributed by atoms with Gasteiger partial charge in [0.2, 0.25) is 15.9 Å². The fourth-order valence-electron chi connectivity index (χ4n) is 3.48. The highest BCUT2D eigenvalue weighted by Crippen LogP contribution is 2.24. The average molecular weight is 484 g/mol. The quantitative estimate of drug-likeness (QED) is 0.595. The molecule has 31 heavy (non-hydrogen) atoms. The summed E-state index contributed by atoms with van der Waals surface area (Å²) in [5.41, 5.74) is 2.20. The third-order valence-corrected chi connectivity index (χ3v) is 7.55. The van der Waals surface area contributed by atoms with Crippen LogP contribution in [0.2, 0.25) is 10.0 Å². The maximum absolute atomic E-state index is 12.5. The Hall–Kier alpha value is -1.64. The molecule has 1 unspecified atom stereocenters. The number of likely N-dealkylation sites (tertiary alicyclic amines) is 1. The number of amides is 1. The number of sulfonamides is 1. The SMILES string of the molecule is CC(NS(=O)(=O)c1ccc(Cl)c(Cl)c1)C(=O)NCc1ccc(CN2CCCCC2)cc1. The zero-order chi connectivity index (χ0) is 22.4. The van der Waals surface area contributed by atoms with E-state index >= 15 is 0 Å². The van der Waals surface area contributed by atoms with Crippen LogP contribution in [0, 0.1) is 0 Å². The van der Waals surface area contributed by atoms with E-state index < -0.39 is 22.0 Å². The summed E-state index contributed by atoms with van der Waals surface area (Å²) in [6.07, 6.45) is 3.84. The largest absolute Gasteiger partial charge is 0.351 e. The van der Waals surface area contributed by atoms with E-state index in [2.05, 4.69) is 27.1 Å². The van der Waals surface area contributed by atoms with Crippen molar-refractivity contribution in [2.75, 3.05) is 13.1 Å². The standard InChI is InChI=1S/C22H27Cl2N3O3S/c1-16(26-31(29,30)19-9-10-20(23)21(24)13-19)22(28)25-14-17-5-7-18(8-6-17)15-27-11-3-2-4-12-27/h5-10,13,16,26H,2-4,11-12,14-15H2,1H3,(H,25,28). The van der Waals surface area contributed by atoms with Crippen molar-refractivity contribution in [2.24, 2.45) is 0 Å². The zero-order valence-corrected chi connectivity index (χ0v) is 19.7. The van der Waals surface area contributed by atoms with E-state index in [-0.39, 0.29) is 14.9 Å². The third-order valence-electron chi connectivity index (χ3n) is 5.27. The molecular weight excluding hydrogens is 457 g/mol. The maximum Gasteiger partial charge on any atom is 0.241 e. The van der Waals surface area contributed by atoms with Crippen molar-refractivity contribution in [3.8, 4) is 0 Å². The number of carbonyl (C=O) groups is 1. The number of hydrogen-bond acceptors (Lipinski definition) is 4. The first kappa shape index (κ1) is 24.0. The molecule has 1 amide bonds. The van der Waals surface area contributed by atoms with E-state index in [0.717, 1.165) is 25.2 Å². The van der Waals surface area contributed by atoms with Crippen molar-refractivity contribution < 1.29 is 13.2 Å². The fraction of sp³-hybridized carbons (Fsp3) is 0.409. The molecule has 168 valence electrons. The molecule has 1 fully saturated rings. The summed E-state index contributed by atoms with van der Waals surface area (Å²) in [6.45, 7) is 5.05. The summed E-state index contributed by atoms with van der Waals surface area (Å²) in [6, 6.07) is 11.2. The second-order valence-corrected chi connectivity index (χ2v) is 10.3. The number of carbonyl (C=O) groups excluding carboxylic acids is 1. The predicted octanol–water partition coefficient (Wildman–Crippen LogP) is 3.96. The number of benzene rings is 2. The molecule has 1 heterocycles. The lowest BCUT2D eigenvalue weighted by Crippen LogP contribution is -2.44. The molecule has 1 saturated heterocycles. The van der Waals surface area contributed by atoms with Gasteiger partial charge >= 0.3 is 0 Å². The molecule has 0 aromatic heterocycles. The molecule has 0 radical (unpaired) electrons. The van der Waals surface area contributed by atoms with Gasteiger partial charge in [0.1, 0.15) is 0 Å². The topological polar surface area (TPSA) is 78.5 Å². The lowest BCUT2D eigenvalue weighted by Gasteiger charge is -2.26. The average Bonchev–Trinajstić information content (AvgIpc) is 2.75. The molecule has 2 N–H and O–H groups in total. The molecule has 2 aromatic carbocycles. The molecule has 1 aliphatic rings. The smallest absolute Gasteiger partial charge is 0.241 e. The Bertz CT molecular complexity index is 1010. The van der Waals surface area contributed by atoms with E-state index in [9.17, 15) is 13.2 Å². The van der Waals surface area contributed by atoms with Crippen LogP contribution in [0.3, 0.4) is 0 Å². The maximum atomic E-state index is 12.5. The third kappa shape index (κ3) is 6.92. The van der Waals surface area contributed by atoms with Crippen molar-refractivity contribution in [1.29, 1.82) is 0 Å². The summed E-state index contributed by atoms with van der Waals surface area (Å²) in [4.78, 5) is 14.8. The number of hydrogen-bond donors (Lipinski definition) is 2. The van der Waals surface area contributed by atoms with Crippen LogP contribution >= 0.6 is 23.2 Å². The highest BCUT2D eigenvalue weighted by atomic mass is 35.5. The molecular formula is C22H27Cl2N3O3S. The lowest BCUT2D eigenvalue weighted by atomic mass is 10.1. The van der Waals surface area contributed by atoms with Crippen LogP contribution in [-0.4, -0.2) is 38.4 Å². The fourth-order valence-corrected chi connectivity index (χ4v) is 5.07. The van der Waals surface area contributed by atoms with Crippen molar-refractivity contribution in [2.45, 2.75) is 50.2 Å². The molecule has 0 bridgehead atoms. The highest BCUT2D eigenvalue weighted by molar-refractivity contribution is 7.89. The van der Waals surface area contributed by atoms with Gasteiger partial charge in [-0.15, -0.1) is 0 Å². The van der Waals surface area contributed by atoms with Gasteiger partial charge in [-0.25, -0.2) is 8.42 Å². The molecule has 0 aliphatic carbocycles. The van der Waals surface area contributed by atoms with E-state index in [1.54, 1.807) is 0 Å². The van der Waals surface area contributed by atoms with Crippen LogP contribution < -0.4 is 10.0 Å². The molecule has 0 spiro atoms. The minimum Gasteiger partial charge on any atom is -0.351 e. The first-order chi connectivity index (χ1) is 14.7. The van der Waals surface area contributed by atoms with Gasteiger partial charge in [-0.1, -0.05) is 53.9 Å². The Morgan fingerprint density at radius 2 is 1.65 bits per heavy atom. The zero-order valence-electron chi connectivity index (χ0n) is 17.4. The van der Waals surface area contributed by atoms with Crippen LogP contribution in [0.4, 0.5) is 0 Å². The van der Waals surface area contributed by atoms with Crippen LogP contribution in [0.1, 0.15) is 37.3 Å². The Balaban J connectivity index is 1.50. The van der Waals surface area contributed by atoms with E-state index in [4.69, 9.17) is 23.2 Å². The van der Waals surface area contributed by atoms with Crippen molar-refractivity contribution in [3.05, 3.63) is 63.6 Å². The first-order valence-corrected chi connectivity index (χ1v) is 12.5. The summed E-state index contributed by atoms with van der Waals surface area (Å²) in [5.74, 6) is -0.416. The molecule has 6 nitrogen and oxygen atoms in total. The van der Waals surface area contributed by atoms with E-state index in [1.807, 2.05) is 12.1 Å².